The minimum atomic E-state index is 0.596. The predicted octanol–water partition coefficient (Wildman–Crippen LogP) is 5.22. The second-order valence-corrected chi connectivity index (χ2v) is 4.81. The van der Waals surface area contributed by atoms with Gasteiger partial charge >= 0.3 is 0 Å². The summed E-state index contributed by atoms with van der Waals surface area (Å²) in [6.07, 6.45) is 0. The van der Waals surface area contributed by atoms with Gasteiger partial charge in [0.15, 0.2) is 0 Å². The van der Waals surface area contributed by atoms with Gasteiger partial charge in [0.05, 0.1) is 5.02 Å². The van der Waals surface area contributed by atoms with Crippen molar-refractivity contribution in [2.24, 2.45) is 0 Å². The topological polar surface area (TPSA) is 0 Å². The summed E-state index contributed by atoms with van der Waals surface area (Å²) in [6, 6.07) is 14.4. The Morgan fingerprint density at radius 2 is 1.93 bits per heavy atom. The molecule has 0 bridgehead atoms. The van der Waals surface area contributed by atoms with Gasteiger partial charge in [-0.25, -0.2) is 0 Å². The van der Waals surface area contributed by atoms with Crippen molar-refractivity contribution in [3.63, 3.8) is 0 Å². The van der Waals surface area contributed by atoms with Crippen molar-refractivity contribution in [3.8, 4) is 11.1 Å². The molecule has 1 radical (unpaired) electrons. The SMILES string of the molecule is Clc1c[c]c(-c2cccc(Br)c2)c(Cl)c1. The van der Waals surface area contributed by atoms with Crippen molar-refractivity contribution < 1.29 is 0 Å². The summed E-state index contributed by atoms with van der Waals surface area (Å²) in [5.74, 6) is 0. The molecule has 0 aliphatic carbocycles. The van der Waals surface area contributed by atoms with Crippen LogP contribution in [0, 0.1) is 6.07 Å². The van der Waals surface area contributed by atoms with Gasteiger partial charge in [-0.2, -0.15) is 0 Å². The van der Waals surface area contributed by atoms with Crippen LogP contribution in [0.15, 0.2) is 40.9 Å². The fourth-order valence-corrected chi connectivity index (χ4v) is 2.21. The number of halogens is 3. The van der Waals surface area contributed by atoms with Crippen LogP contribution in [-0.4, -0.2) is 0 Å². The van der Waals surface area contributed by atoms with Crippen molar-refractivity contribution in [1.82, 2.24) is 0 Å². The van der Waals surface area contributed by atoms with Crippen molar-refractivity contribution in [2.75, 3.05) is 0 Å². The Kier molecular flexibility index (Phi) is 3.35. The van der Waals surface area contributed by atoms with Crippen LogP contribution >= 0.6 is 39.1 Å². The molecule has 0 aliphatic heterocycles. The first-order chi connectivity index (χ1) is 7.16. The molecular weight excluding hydrogens is 295 g/mol. The quantitative estimate of drug-likeness (QED) is 0.677. The highest BCUT2D eigenvalue weighted by molar-refractivity contribution is 9.10. The zero-order valence-corrected chi connectivity index (χ0v) is 10.7. The van der Waals surface area contributed by atoms with E-state index in [9.17, 15) is 0 Å². The molecule has 2 aromatic carbocycles. The highest BCUT2D eigenvalue weighted by atomic mass is 79.9. The second kappa shape index (κ2) is 4.56. The van der Waals surface area contributed by atoms with E-state index in [0.29, 0.717) is 10.0 Å². The fraction of sp³-hybridized carbons (Fsp3) is 0. The minimum Gasteiger partial charge on any atom is -0.0843 e. The summed E-state index contributed by atoms with van der Waals surface area (Å²) in [4.78, 5) is 0. The Bertz CT molecular complexity index is 495. The van der Waals surface area contributed by atoms with E-state index in [1.165, 1.54) is 0 Å². The predicted molar refractivity (Wildman–Crippen MR) is 68.4 cm³/mol. The lowest BCUT2D eigenvalue weighted by molar-refractivity contribution is 1.58. The summed E-state index contributed by atoms with van der Waals surface area (Å²) in [7, 11) is 0. The average molecular weight is 301 g/mol. The third-order valence-electron chi connectivity index (χ3n) is 1.97. The van der Waals surface area contributed by atoms with E-state index in [2.05, 4.69) is 22.0 Å². The summed E-state index contributed by atoms with van der Waals surface area (Å²) in [5, 5.41) is 1.21. The van der Waals surface area contributed by atoms with E-state index in [4.69, 9.17) is 23.2 Å². The van der Waals surface area contributed by atoms with E-state index in [1.54, 1.807) is 12.1 Å². The summed E-state index contributed by atoms with van der Waals surface area (Å²) in [5.41, 5.74) is 1.88. The van der Waals surface area contributed by atoms with Crippen molar-refractivity contribution in [1.29, 1.82) is 0 Å². The molecule has 0 spiro atoms. The zero-order chi connectivity index (χ0) is 10.8. The molecule has 0 heterocycles. The van der Waals surface area contributed by atoms with E-state index in [-0.39, 0.29) is 0 Å². The first-order valence-electron chi connectivity index (χ1n) is 4.29. The lowest BCUT2D eigenvalue weighted by atomic mass is 10.1. The van der Waals surface area contributed by atoms with E-state index in [1.807, 2.05) is 24.3 Å². The molecule has 0 aromatic heterocycles. The molecule has 0 saturated carbocycles. The van der Waals surface area contributed by atoms with E-state index in [0.717, 1.165) is 15.6 Å². The van der Waals surface area contributed by atoms with Crippen LogP contribution in [0.5, 0.6) is 0 Å². The number of rotatable bonds is 1. The second-order valence-electron chi connectivity index (χ2n) is 3.05. The maximum Gasteiger partial charge on any atom is 0.0505 e. The van der Waals surface area contributed by atoms with Crippen molar-refractivity contribution >= 4 is 39.1 Å². The van der Waals surface area contributed by atoms with Crippen LogP contribution in [0.25, 0.3) is 11.1 Å². The largest absolute Gasteiger partial charge is 0.0843 e. The molecule has 0 saturated heterocycles. The lowest BCUT2D eigenvalue weighted by Crippen LogP contribution is -1.80. The van der Waals surface area contributed by atoms with Gasteiger partial charge < -0.3 is 0 Å². The van der Waals surface area contributed by atoms with Crippen LogP contribution in [0.3, 0.4) is 0 Å². The molecule has 0 nitrogen and oxygen atoms in total. The van der Waals surface area contributed by atoms with Gasteiger partial charge in [0, 0.05) is 15.1 Å². The molecule has 2 aromatic rings. The molecule has 0 unspecified atom stereocenters. The smallest absolute Gasteiger partial charge is 0.0505 e. The molecule has 75 valence electrons. The van der Waals surface area contributed by atoms with Crippen molar-refractivity contribution in [2.45, 2.75) is 0 Å². The normalized spacial score (nSPS) is 10.3. The highest BCUT2D eigenvalue weighted by Crippen LogP contribution is 2.30. The van der Waals surface area contributed by atoms with Crippen LogP contribution in [0.1, 0.15) is 0 Å². The zero-order valence-electron chi connectivity index (χ0n) is 7.60. The molecule has 2 rings (SSSR count). The number of hydrogen-bond acceptors (Lipinski definition) is 0. The van der Waals surface area contributed by atoms with Crippen LogP contribution in [-0.2, 0) is 0 Å². The van der Waals surface area contributed by atoms with E-state index >= 15 is 0 Å². The van der Waals surface area contributed by atoms with Gasteiger partial charge in [-0.3, -0.25) is 0 Å². The van der Waals surface area contributed by atoms with E-state index < -0.39 is 0 Å². The third kappa shape index (κ3) is 2.54. The van der Waals surface area contributed by atoms with Gasteiger partial charge in [0.25, 0.3) is 0 Å². The molecule has 0 atom stereocenters. The van der Waals surface area contributed by atoms with Crippen molar-refractivity contribution in [3.05, 3.63) is 57.0 Å². The molecule has 15 heavy (non-hydrogen) atoms. The Labute approximate surface area is 107 Å². The van der Waals surface area contributed by atoms with Crippen LogP contribution < -0.4 is 0 Å². The standard InChI is InChI=1S/C12H6BrCl2/c13-9-3-1-2-8(6-9)11-5-4-10(14)7-12(11)15/h1-4,6-7H. The molecule has 0 fully saturated rings. The molecule has 0 amide bonds. The fourth-order valence-electron chi connectivity index (χ4n) is 1.31. The Morgan fingerprint density at radius 3 is 2.60 bits per heavy atom. The Balaban J connectivity index is 2.54. The molecule has 0 aliphatic rings. The van der Waals surface area contributed by atoms with Gasteiger partial charge in [-0.1, -0.05) is 51.3 Å². The summed E-state index contributed by atoms with van der Waals surface area (Å²) >= 11 is 15.3. The monoisotopic (exact) mass is 299 g/mol. The first-order valence-corrected chi connectivity index (χ1v) is 5.84. The highest BCUT2D eigenvalue weighted by Gasteiger charge is 2.04. The van der Waals surface area contributed by atoms with Crippen LogP contribution in [0.4, 0.5) is 0 Å². The average Bonchev–Trinajstić information content (AvgIpc) is 2.17. The molecular formula is C12H6BrCl2. The number of benzene rings is 2. The van der Waals surface area contributed by atoms with Gasteiger partial charge in [-0.15, -0.1) is 0 Å². The maximum absolute atomic E-state index is 6.09. The summed E-state index contributed by atoms with van der Waals surface area (Å²) in [6.45, 7) is 0. The first kappa shape index (κ1) is 11.0. The third-order valence-corrected chi connectivity index (χ3v) is 2.98. The molecule has 3 heteroatoms. The maximum atomic E-state index is 6.09. The lowest BCUT2D eigenvalue weighted by Gasteiger charge is -2.04. The van der Waals surface area contributed by atoms with Gasteiger partial charge in [0.2, 0.25) is 0 Å². The Hall–Kier alpha value is -0.500. The number of hydrogen-bond donors (Lipinski definition) is 0. The summed E-state index contributed by atoms with van der Waals surface area (Å²) < 4.78 is 1.01. The van der Waals surface area contributed by atoms with Gasteiger partial charge in [0.1, 0.15) is 0 Å². The molecule has 0 N–H and O–H groups in total. The van der Waals surface area contributed by atoms with Gasteiger partial charge in [-0.05, 0) is 35.9 Å². The van der Waals surface area contributed by atoms with Crippen LogP contribution in [0.2, 0.25) is 10.0 Å². The minimum absolute atomic E-state index is 0.596. The Morgan fingerprint density at radius 1 is 1.13 bits per heavy atom.